The standard InChI is InChI=1S/C25H27NO3/c1-17(2)29-24-11-9-18(10-12-24)19-5-6-21-15-22(8-7-20(21)14-19)25(28)26-13-3-4-23(27)16-26/h5-12,14-15,17,23,27H,3-4,13,16H2,1-2H3/t23-/m1/s1. The monoisotopic (exact) mass is 389 g/mol. The third kappa shape index (κ3) is 4.43. The van der Waals surface area contributed by atoms with E-state index in [0.717, 1.165) is 40.5 Å². The number of ether oxygens (including phenoxy) is 1. The molecule has 3 aromatic carbocycles. The highest BCUT2D eigenvalue weighted by molar-refractivity contribution is 5.99. The van der Waals surface area contributed by atoms with Gasteiger partial charge in [0.05, 0.1) is 12.2 Å². The molecule has 150 valence electrons. The second kappa shape index (κ2) is 8.26. The molecule has 0 saturated carbocycles. The lowest BCUT2D eigenvalue weighted by Gasteiger charge is -2.30. The quantitative estimate of drug-likeness (QED) is 0.691. The molecule has 1 fully saturated rings. The maximum atomic E-state index is 12.8. The summed E-state index contributed by atoms with van der Waals surface area (Å²) in [5, 5.41) is 12.0. The number of nitrogens with zero attached hydrogens (tertiary/aromatic N) is 1. The summed E-state index contributed by atoms with van der Waals surface area (Å²) in [6, 6.07) is 20.2. The van der Waals surface area contributed by atoms with Gasteiger partial charge in [-0.3, -0.25) is 4.79 Å². The number of amides is 1. The summed E-state index contributed by atoms with van der Waals surface area (Å²) in [5.41, 5.74) is 2.94. The van der Waals surface area contributed by atoms with Crippen molar-refractivity contribution in [2.45, 2.75) is 38.9 Å². The maximum absolute atomic E-state index is 12.8. The number of aliphatic hydroxyl groups excluding tert-OH is 1. The lowest BCUT2D eigenvalue weighted by Crippen LogP contribution is -2.42. The largest absolute Gasteiger partial charge is 0.491 e. The molecule has 4 nitrogen and oxygen atoms in total. The van der Waals surface area contributed by atoms with Gasteiger partial charge in [-0.25, -0.2) is 0 Å². The van der Waals surface area contributed by atoms with Gasteiger partial charge in [0.1, 0.15) is 5.75 Å². The van der Waals surface area contributed by atoms with E-state index < -0.39 is 6.10 Å². The highest BCUT2D eigenvalue weighted by atomic mass is 16.5. The first-order valence-corrected chi connectivity index (χ1v) is 10.3. The number of hydrogen-bond acceptors (Lipinski definition) is 3. The summed E-state index contributed by atoms with van der Waals surface area (Å²) in [4.78, 5) is 14.5. The number of piperidine rings is 1. The van der Waals surface area contributed by atoms with Crippen molar-refractivity contribution in [3.05, 3.63) is 66.2 Å². The van der Waals surface area contributed by atoms with Crippen LogP contribution in [0.5, 0.6) is 5.75 Å². The van der Waals surface area contributed by atoms with Gasteiger partial charge in [0.15, 0.2) is 0 Å². The Labute approximate surface area is 171 Å². The van der Waals surface area contributed by atoms with Crippen molar-refractivity contribution < 1.29 is 14.6 Å². The van der Waals surface area contributed by atoms with Gasteiger partial charge < -0.3 is 14.7 Å². The lowest BCUT2D eigenvalue weighted by atomic mass is 9.99. The Kier molecular flexibility index (Phi) is 5.54. The molecule has 1 N–H and O–H groups in total. The Morgan fingerprint density at radius 1 is 1.00 bits per heavy atom. The fraction of sp³-hybridized carbons (Fsp3) is 0.320. The van der Waals surface area contributed by atoms with Crippen molar-refractivity contribution >= 4 is 16.7 Å². The summed E-state index contributed by atoms with van der Waals surface area (Å²) < 4.78 is 5.72. The smallest absolute Gasteiger partial charge is 0.253 e. The molecular formula is C25H27NO3. The molecule has 1 atom stereocenters. The summed E-state index contributed by atoms with van der Waals surface area (Å²) in [7, 11) is 0. The number of benzene rings is 3. The molecule has 0 bridgehead atoms. The van der Waals surface area contributed by atoms with Gasteiger partial charge in [0.25, 0.3) is 5.91 Å². The van der Waals surface area contributed by atoms with Crippen LogP contribution in [-0.2, 0) is 0 Å². The molecule has 4 heteroatoms. The molecule has 1 saturated heterocycles. The minimum atomic E-state index is -0.409. The van der Waals surface area contributed by atoms with Gasteiger partial charge in [-0.05, 0) is 78.9 Å². The highest BCUT2D eigenvalue weighted by Crippen LogP contribution is 2.27. The maximum Gasteiger partial charge on any atom is 0.253 e. The first-order valence-electron chi connectivity index (χ1n) is 10.3. The van der Waals surface area contributed by atoms with Crippen molar-refractivity contribution in [2.75, 3.05) is 13.1 Å². The average molecular weight is 389 g/mol. The average Bonchev–Trinajstić information content (AvgIpc) is 2.72. The van der Waals surface area contributed by atoms with Gasteiger partial charge in [0.2, 0.25) is 0 Å². The molecule has 1 heterocycles. The number of aliphatic hydroxyl groups is 1. The zero-order valence-corrected chi connectivity index (χ0v) is 17.0. The molecule has 0 radical (unpaired) electrons. The van der Waals surface area contributed by atoms with Crippen molar-refractivity contribution in [1.82, 2.24) is 4.90 Å². The van der Waals surface area contributed by atoms with Crippen molar-refractivity contribution in [2.24, 2.45) is 0 Å². The van der Waals surface area contributed by atoms with Crippen LogP contribution in [0.3, 0.4) is 0 Å². The van der Waals surface area contributed by atoms with E-state index in [1.807, 2.05) is 44.2 Å². The molecule has 0 unspecified atom stereocenters. The number of hydrogen-bond donors (Lipinski definition) is 1. The van der Waals surface area contributed by atoms with Crippen LogP contribution in [0, 0.1) is 0 Å². The zero-order chi connectivity index (χ0) is 20.4. The summed E-state index contributed by atoms with van der Waals surface area (Å²) >= 11 is 0. The van der Waals surface area contributed by atoms with Crippen molar-refractivity contribution in [1.29, 1.82) is 0 Å². The van der Waals surface area contributed by atoms with E-state index in [1.165, 1.54) is 0 Å². The zero-order valence-electron chi connectivity index (χ0n) is 17.0. The van der Waals surface area contributed by atoms with Crippen LogP contribution in [0.15, 0.2) is 60.7 Å². The second-order valence-electron chi connectivity index (χ2n) is 8.01. The summed E-state index contributed by atoms with van der Waals surface area (Å²) in [6.07, 6.45) is 1.37. The van der Waals surface area contributed by atoms with Gasteiger partial charge >= 0.3 is 0 Å². The molecule has 0 aliphatic carbocycles. The highest BCUT2D eigenvalue weighted by Gasteiger charge is 2.23. The lowest BCUT2D eigenvalue weighted by molar-refractivity contribution is 0.0474. The van der Waals surface area contributed by atoms with E-state index in [0.29, 0.717) is 18.7 Å². The van der Waals surface area contributed by atoms with Crippen LogP contribution >= 0.6 is 0 Å². The Morgan fingerprint density at radius 2 is 1.69 bits per heavy atom. The van der Waals surface area contributed by atoms with Crippen LogP contribution < -0.4 is 4.74 Å². The number of fused-ring (bicyclic) bond motifs is 1. The fourth-order valence-corrected chi connectivity index (χ4v) is 3.88. The molecule has 29 heavy (non-hydrogen) atoms. The van der Waals surface area contributed by atoms with Gasteiger partial charge in [-0.15, -0.1) is 0 Å². The molecule has 1 aliphatic heterocycles. The van der Waals surface area contributed by atoms with E-state index in [1.54, 1.807) is 4.90 Å². The molecule has 1 amide bonds. The first-order chi connectivity index (χ1) is 14.0. The molecule has 4 rings (SSSR count). The third-order valence-electron chi connectivity index (χ3n) is 5.33. The van der Waals surface area contributed by atoms with Gasteiger partial charge in [0, 0.05) is 18.7 Å². The Bertz CT molecular complexity index is 1010. The Hall–Kier alpha value is -2.85. The van der Waals surface area contributed by atoms with Gasteiger partial charge in [-0.1, -0.05) is 30.3 Å². The van der Waals surface area contributed by atoms with Crippen LogP contribution in [0.2, 0.25) is 0 Å². The molecule has 3 aromatic rings. The van der Waals surface area contributed by atoms with E-state index in [-0.39, 0.29) is 12.0 Å². The van der Waals surface area contributed by atoms with Crippen molar-refractivity contribution in [3.8, 4) is 16.9 Å². The third-order valence-corrected chi connectivity index (χ3v) is 5.33. The first kappa shape index (κ1) is 19.5. The number of β-amino-alcohol motifs (C(OH)–C–C–N with tert-alkyl or cyclic N) is 1. The fourth-order valence-electron chi connectivity index (χ4n) is 3.88. The number of rotatable bonds is 4. The minimum Gasteiger partial charge on any atom is -0.491 e. The van der Waals surface area contributed by atoms with Gasteiger partial charge in [-0.2, -0.15) is 0 Å². The normalized spacial score (nSPS) is 17.0. The number of carbonyl (C=O) groups excluding carboxylic acids is 1. The molecule has 0 aromatic heterocycles. The van der Waals surface area contributed by atoms with Crippen LogP contribution in [0.25, 0.3) is 21.9 Å². The van der Waals surface area contributed by atoms with Crippen molar-refractivity contribution in [3.63, 3.8) is 0 Å². The SMILES string of the molecule is CC(C)Oc1ccc(-c2ccc3cc(C(=O)N4CCC[C@@H](O)C4)ccc3c2)cc1. The predicted octanol–water partition coefficient (Wildman–Crippen LogP) is 4.89. The topological polar surface area (TPSA) is 49.8 Å². The Morgan fingerprint density at radius 3 is 2.41 bits per heavy atom. The summed E-state index contributed by atoms with van der Waals surface area (Å²) in [6.45, 7) is 5.17. The van der Waals surface area contributed by atoms with E-state index in [9.17, 15) is 9.90 Å². The van der Waals surface area contributed by atoms with E-state index >= 15 is 0 Å². The van der Waals surface area contributed by atoms with Crippen LogP contribution in [0.1, 0.15) is 37.0 Å². The van der Waals surface area contributed by atoms with E-state index in [2.05, 4.69) is 30.3 Å². The molecule has 1 aliphatic rings. The number of carbonyl (C=O) groups is 1. The minimum absolute atomic E-state index is 0.00420. The Balaban J connectivity index is 1.56. The van der Waals surface area contributed by atoms with Crippen LogP contribution in [0.4, 0.5) is 0 Å². The molecule has 0 spiro atoms. The van der Waals surface area contributed by atoms with E-state index in [4.69, 9.17) is 4.74 Å². The number of likely N-dealkylation sites (tertiary alicyclic amines) is 1. The summed E-state index contributed by atoms with van der Waals surface area (Å²) in [5.74, 6) is 0.867. The molecular weight excluding hydrogens is 362 g/mol. The predicted molar refractivity (Wildman–Crippen MR) is 116 cm³/mol. The van der Waals surface area contributed by atoms with Crippen LogP contribution in [-0.4, -0.2) is 41.2 Å². The second-order valence-corrected chi connectivity index (χ2v) is 8.01.